The molecule has 19 heteroatoms. The van der Waals surface area contributed by atoms with Crippen molar-refractivity contribution in [1.29, 1.82) is 0 Å². The van der Waals surface area contributed by atoms with E-state index in [4.69, 9.17) is 37.0 Å². The third-order valence-electron chi connectivity index (χ3n) is 19.0. The van der Waals surface area contributed by atoms with Gasteiger partial charge in [-0.05, 0) is 43.4 Å². The first kappa shape index (κ1) is 97.1. The minimum atomic E-state index is -4.96. The molecule has 3 unspecified atom stereocenters. The largest absolute Gasteiger partial charge is 0.472 e. The van der Waals surface area contributed by atoms with Crippen LogP contribution in [-0.4, -0.2) is 96.7 Å². The summed E-state index contributed by atoms with van der Waals surface area (Å²) in [6.07, 6.45) is 58.5. The van der Waals surface area contributed by atoms with Crippen LogP contribution in [0.1, 0.15) is 414 Å². The van der Waals surface area contributed by atoms with Crippen LogP contribution in [0.25, 0.3) is 0 Å². The number of rotatable bonds is 78. The van der Waals surface area contributed by atoms with Crippen molar-refractivity contribution in [2.75, 3.05) is 39.6 Å². The van der Waals surface area contributed by atoms with Gasteiger partial charge in [-0.1, -0.05) is 363 Å². The van der Waals surface area contributed by atoms with Gasteiger partial charge < -0.3 is 33.8 Å². The monoisotopic (exact) mass is 1450 g/mol. The maximum Gasteiger partial charge on any atom is 0.472 e. The predicted molar refractivity (Wildman–Crippen MR) is 405 cm³/mol. The summed E-state index contributed by atoms with van der Waals surface area (Å²) in [7, 11) is -9.92. The van der Waals surface area contributed by atoms with Crippen LogP contribution < -0.4 is 0 Å². The summed E-state index contributed by atoms with van der Waals surface area (Å²) in [5, 5.41) is 10.6. The van der Waals surface area contributed by atoms with E-state index >= 15 is 0 Å². The topological polar surface area (TPSA) is 237 Å². The summed E-state index contributed by atoms with van der Waals surface area (Å²) < 4.78 is 68.6. The van der Waals surface area contributed by atoms with Gasteiger partial charge >= 0.3 is 39.5 Å². The van der Waals surface area contributed by atoms with E-state index in [1.165, 1.54) is 218 Å². The fraction of sp³-hybridized carbons (Fsp3) is 0.950. The summed E-state index contributed by atoms with van der Waals surface area (Å²) in [4.78, 5) is 72.9. The molecule has 6 atom stereocenters. The fourth-order valence-corrected chi connectivity index (χ4v) is 13.9. The predicted octanol–water partition coefficient (Wildman–Crippen LogP) is 23.7. The molecule has 0 rings (SSSR count). The van der Waals surface area contributed by atoms with Crippen molar-refractivity contribution in [3.8, 4) is 0 Å². The van der Waals surface area contributed by atoms with Crippen LogP contribution >= 0.6 is 15.6 Å². The second kappa shape index (κ2) is 70.4. The smallest absolute Gasteiger partial charge is 0.462 e. The minimum absolute atomic E-state index is 0.105. The van der Waals surface area contributed by atoms with E-state index in [0.29, 0.717) is 31.6 Å². The number of phosphoric ester groups is 2. The number of ether oxygens (including phenoxy) is 4. The lowest BCUT2D eigenvalue weighted by atomic mass is 9.99. The Kier molecular flexibility index (Phi) is 69.0. The summed E-state index contributed by atoms with van der Waals surface area (Å²) >= 11 is 0. The lowest BCUT2D eigenvalue weighted by Gasteiger charge is -2.21. The zero-order valence-electron chi connectivity index (χ0n) is 65.0. The van der Waals surface area contributed by atoms with Gasteiger partial charge in [0, 0.05) is 25.7 Å². The standard InChI is InChI=1S/C80H156O17P2/c1-8-10-11-12-13-14-15-16-17-18-19-20-21-22-23-24-25-28-35-40-49-56-63-79(84)96-75(67-90-77(82)61-54-47-39-34-29-26-27-32-37-44-51-58-71(3)4)69-94-98(86,87)92-65-74(81)66-93-99(88,89)95-70-76(68-91-78(83)62-55-48-43-42-45-52-59-72(5)6)97-80(85)64-57-50-41-36-31-30-33-38-46-53-60-73(7)9-2/h71-76,81H,8-70H2,1-7H3,(H,86,87)(H,88,89)/t73?,74-,75-,76-/m1/s1. The molecular formula is C80H156O17P2. The number of unbranched alkanes of at least 4 members (excludes halogenated alkanes) is 45. The van der Waals surface area contributed by atoms with Crippen molar-refractivity contribution in [3.63, 3.8) is 0 Å². The SMILES string of the molecule is CCCCCCCCCCCCCCCCCCCCCCCCC(=O)O[C@H](COC(=O)CCCCCCCCCCCCCC(C)C)COP(=O)(O)OC[C@@H](O)COP(=O)(O)OC[C@@H](COC(=O)CCCCCCCCC(C)C)OC(=O)CCCCCCCCCCCCC(C)CC. The molecule has 0 aliphatic carbocycles. The normalized spacial score (nSPS) is 14.3. The molecule has 0 aromatic heterocycles. The molecule has 0 radical (unpaired) electrons. The van der Waals surface area contributed by atoms with Gasteiger partial charge in [-0.25, -0.2) is 9.13 Å². The van der Waals surface area contributed by atoms with E-state index in [1.807, 2.05) is 0 Å². The molecule has 0 aromatic rings. The number of aliphatic hydroxyl groups excluding tert-OH is 1. The van der Waals surface area contributed by atoms with Crippen LogP contribution in [-0.2, 0) is 65.4 Å². The Labute approximate surface area is 607 Å². The van der Waals surface area contributed by atoms with Crippen LogP contribution in [0.5, 0.6) is 0 Å². The Bertz CT molecular complexity index is 1920. The van der Waals surface area contributed by atoms with Gasteiger partial charge in [-0.3, -0.25) is 37.3 Å². The lowest BCUT2D eigenvalue weighted by molar-refractivity contribution is -0.161. The van der Waals surface area contributed by atoms with Crippen molar-refractivity contribution >= 4 is 39.5 Å². The molecule has 17 nitrogen and oxygen atoms in total. The first-order valence-electron chi connectivity index (χ1n) is 41.4. The summed E-state index contributed by atoms with van der Waals surface area (Å²) in [6.45, 7) is 11.9. The van der Waals surface area contributed by atoms with Gasteiger partial charge in [-0.2, -0.15) is 0 Å². The van der Waals surface area contributed by atoms with Crippen LogP contribution in [0.2, 0.25) is 0 Å². The third kappa shape index (κ3) is 72.8. The van der Waals surface area contributed by atoms with Gasteiger partial charge in [0.05, 0.1) is 26.4 Å². The summed E-state index contributed by atoms with van der Waals surface area (Å²) in [5.41, 5.74) is 0. The molecular weight excluding hydrogens is 1290 g/mol. The van der Waals surface area contributed by atoms with Crippen molar-refractivity contribution in [2.24, 2.45) is 17.8 Å². The molecule has 0 aliphatic rings. The molecule has 588 valence electrons. The maximum absolute atomic E-state index is 13.1. The molecule has 0 aliphatic heterocycles. The van der Waals surface area contributed by atoms with E-state index in [-0.39, 0.29) is 25.7 Å². The van der Waals surface area contributed by atoms with Crippen LogP contribution in [0.3, 0.4) is 0 Å². The van der Waals surface area contributed by atoms with E-state index in [1.54, 1.807) is 0 Å². The number of esters is 4. The Morgan fingerprint density at radius 2 is 0.515 bits per heavy atom. The maximum atomic E-state index is 13.1. The minimum Gasteiger partial charge on any atom is -0.462 e. The van der Waals surface area contributed by atoms with Gasteiger partial charge in [0.1, 0.15) is 19.3 Å². The fourth-order valence-electron chi connectivity index (χ4n) is 12.3. The molecule has 0 amide bonds. The highest BCUT2D eigenvalue weighted by Gasteiger charge is 2.30. The molecule has 0 saturated heterocycles. The van der Waals surface area contributed by atoms with Crippen molar-refractivity contribution < 1.29 is 80.2 Å². The van der Waals surface area contributed by atoms with Crippen molar-refractivity contribution in [2.45, 2.75) is 433 Å². The van der Waals surface area contributed by atoms with Crippen molar-refractivity contribution in [3.05, 3.63) is 0 Å². The lowest BCUT2D eigenvalue weighted by Crippen LogP contribution is -2.30. The van der Waals surface area contributed by atoms with E-state index in [9.17, 15) is 43.2 Å². The summed E-state index contributed by atoms with van der Waals surface area (Å²) in [6, 6.07) is 0. The van der Waals surface area contributed by atoms with Crippen molar-refractivity contribution in [1.82, 2.24) is 0 Å². The summed E-state index contributed by atoms with van der Waals surface area (Å²) in [5.74, 6) is 0.137. The van der Waals surface area contributed by atoms with Gasteiger partial charge in [0.15, 0.2) is 12.2 Å². The molecule has 0 saturated carbocycles. The van der Waals surface area contributed by atoms with Gasteiger partial charge in [-0.15, -0.1) is 0 Å². The van der Waals surface area contributed by atoms with E-state index in [0.717, 1.165) is 108 Å². The second-order valence-corrected chi connectivity index (χ2v) is 32.9. The van der Waals surface area contributed by atoms with Crippen LogP contribution in [0, 0.1) is 17.8 Å². The number of carbonyl (C=O) groups excluding carboxylic acids is 4. The first-order chi connectivity index (χ1) is 47.8. The molecule has 3 N–H and O–H groups in total. The van der Waals surface area contributed by atoms with Crippen LogP contribution in [0.4, 0.5) is 0 Å². The zero-order valence-corrected chi connectivity index (χ0v) is 66.8. The molecule has 0 fully saturated rings. The van der Waals surface area contributed by atoms with Gasteiger partial charge in [0.25, 0.3) is 0 Å². The van der Waals surface area contributed by atoms with Crippen LogP contribution in [0.15, 0.2) is 0 Å². The molecule has 0 bridgehead atoms. The molecule has 0 heterocycles. The Hall–Kier alpha value is -1.94. The Morgan fingerprint density at radius 1 is 0.293 bits per heavy atom. The van der Waals surface area contributed by atoms with E-state index < -0.39 is 97.5 Å². The van der Waals surface area contributed by atoms with Gasteiger partial charge in [0.2, 0.25) is 0 Å². The molecule has 99 heavy (non-hydrogen) atoms. The highest BCUT2D eigenvalue weighted by Crippen LogP contribution is 2.45. The third-order valence-corrected chi connectivity index (χ3v) is 20.9. The first-order valence-corrected chi connectivity index (χ1v) is 44.4. The average Bonchev–Trinajstić information content (AvgIpc) is 1.40. The number of hydrogen-bond donors (Lipinski definition) is 3. The Balaban J connectivity index is 5.20. The Morgan fingerprint density at radius 3 is 0.768 bits per heavy atom. The number of hydrogen-bond acceptors (Lipinski definition) is 15. The average molecular weight is 1450 g/mol. The van der Waals surface area contributed by atoms with E-state index in [2.05, 4.69) is 48.5 Å². The highest BCUT2D eigenvalue weighted by molar-refractivity contribution is 7.47. The number of carbonyl (C=O) groups is 4. The highest BCUT2D eigenvalue weighted by atomic mass is 31.2. The molecule has 0 aromatic carbocycles. The number of aliphatic hydroxyl groups is 1. The number of phosphoric acid groups is 2. The molecule has 0 spiro atoms. The quantitative estimate of drug-likeness (QED) is 0.0222. The second-order valence-electron chi connectivity index (χ2n) is 30.0. The zero-order chi connectivity index (χ0) is 73.0.